The monoisotopic (exact) mass is 525 g/mol. The van der Waals surface area contributed by atoms with Gasteiger partial charge in [-0.25, -0.2) is 9.97 Å². The predicted octanol–water partition coefficient (Wildman–Crippen LogP) is 7.35. The smallest absolute Gasteiger partial charge is 0.177 e. The van der Waals surface area contributed by atoms with Crippen LogP contribution in [0.4, 0.5) is 0 Å². The van der Waals surface area contributed by atoms with Crippen LogP contribution in [-0.2, 0) is 13.0 Å². The molecule has 2 atom stereocenters. The summed E-state index contributed by atoms with van der Waals surface area (Å²) in [4.78, 5) is 20.5. The molecular weight excluding hydrogens is 482 g/mol. The Morgan fingerprint density at radius 2 is 2.05 bits per heavy atom. The summed E-state index contributed by atoms with van der Waals surface area (Å²) < 4.78 is 6.25. The van der Waals surface area contributed by atoms with Crippen molar-refractivity contribution in [3.05, 3.63) is 53.1 Å². The fourth-order valence-corrected chi connectivity index (χ4v) is 6.72. The molecule has 2 aliphatic heterocycles. The standard InChI is InChI=1S/C33H43N5O/c1-6-22(21(2)3)17-31-36-28-16-24(19-35-32(28)37-31)23-7-8-30-25(15-23)20-38(13-14-39-30)29-10-12-34-27-9-11-33(4,5)18-26(27)29/h7-8,12,15-16,19,21-22,29H,6,9-11,13-14,17-18,20H2,1-5H3,(H,35,36,37). The van der Waals surface area contributed by atoms with Crippen LogP contribution in [0.5, 0.6) is 5.75 Å². The van der Waals surface area contributed by atoms with E-state index in [0.717, 1.165) is 73.5 Å². The fourth-order valence-electron chi connectivity index (χ4n) is 6.72. The number of benzene rings is 1. The average Bonchev–Trinajstić information content (AvgIpc) is 3.20. The number of fused-ring (bicyclic) bond motifs is 2. The van der Waals surface area contributed by atoms with Crippen LogP contribution in [0.15, 0.2) is 46.7 Å². The van der Waals surface area contributed by atoms with Gasteiger partial charge in [0.25, 0.3) is 0 Å². The first kappa shape index (κ1) is 26.2. The van der Waals surface area contributed by atoms with E-state index in [2.05, 4.69) is 75.0 Å². The molecule has 0 fully saturated rings. The van der Waals surface area contributed by atoms with Crippen molar-refractivity contribution in [1.82, 2.24) is 19.9 Å². The highest BCUT2D eigenvalue weighted by atomic mass is 16.5. The summed E-state index contributed by atoms with van der Waals surface area (Å²) in [6.07, 6.45) is 10.7. The molecule has 6 heteroatoms. The number of pyridine rings is 1. The zero-order valence-electron chi connectivity index (χ0n) is 24.3. The summed E-state index contributed by atoms with van der Waals surface area (Å²) in [5.41, 5.74) is 8.57. The van der Waals surface area contributed by atoms with Gasteiger partial charge >= 0.3 is 0 Å². The third kappa shape index (κ3) is 5.41. The lowest BCUT2D eigenvalue weighted by Crippen LogP contribution is -2.41. The molecule has 0 saturated carbocycles. The van der Waals surface area contributed by atoms with Crippen LogP contribution < -0.4 is 4.74 Å². The van der Waals surface area contributed by atoms with Crippen molar-refractivity contribution in [1.29, 1.82) is 0 Å². The maximum Gasteiger partial charge on any atom is 0.177 e. The first-order valence-corrected chi connectivity index (χ1v) is 14.9. The Morgan fingerprint density at radius 1 is 1.18 bits per heavy atom. The fraction of sp³-hybridized carbons (Fsp3) is 0.545. The second kappa shape index (κ2) is 10.5. The second-order valence-corrected chi connectivity index (χ2v) is 12.9. The van der Waals surface area contributed by atoms with E-state index in [0.29, 0.717) is 29.9 Å². The molecule has 0 radical (unpaired) electrons. The number of hydrogen-bond acceptors (Lipinski definition) is 5. The first-order valence-electron chi connectivity index (χ1n) is 14.9. The van der Waals surface area contributed by atoms with E-state index in [1.165, 1.54) is 23.2 Å². The van der Waals surface area contributed by atoms with Crippen molar-refractivity contribution in [2.45, 2.75) is 85.7 Å². The SMILES string of the molecule is CCC(Cc1nc2ncc(-c3ccc4c(c3)CN(C3CC=NC5=C3CC(C)(C)CC5)CCO4)cc2[nH]1)C(C)C. The zero-order valence-corrected chi connectivity index (χ0v) is 24.3. The molecule has 6 rings (SSSR count). The third-order valence-corrected chi connectivity index (χ3v) is 9.21. The number of hydrogen-bond donors (Lipinski definition) is 1. The summed E-state index contributed by atoms with van der Waals surface area (Å²) in [7, 11) is 0. The van der Waals surface area contributed by atoms with Gasteiger partial charge in [-0.05, 0) is 65.8 Å². The molecule has 39 heavy (non-hydrogen) atoms. The molecule has 0 amide bonds. The highest BCUT2D eigenvalue weighted by molar-refractivity contribution is 5.78. The molecule has 6 nitrogen and oxygen atoms in total. The molecule has 0 bridgehead atoms. The van der Waals surface area contributed by atoms with Gasteiger partial charge in [-0.3, -0.25) is 9.89 Å². The molecule has 2 aromatic heterocycles. The predicted molar refractivity (Wildman–Crippen MR) is 159 cm³/mol. The van der Waals surface area contributed by atoms with E-state index < -0.39 is 0 Å². The minimum atomic E-state index is 0.349. The maximum atomic E-state index is 6.25. The van der Waals surface area contributed by atoms with E-state index in [1.807, 2.05) is 6.20 Å². The Morgan fingerprint density at radius 3 is 2.87 bits per heavy atom. The molecule has 206 valence electrons. The number of aliphatic imine (C=N–C) groups is 1. The van der Waals surface area contributed by atoms with Crippen LogP contribution in [-0.4, -0.2) is 45.3 Å². The number of nitrogens with one attached hydrogen (secondary N) is 1. The number of allylic oxidation sites excluding steroid dienone is 1. The molecular formula is C33H43N5O. The van der Waals surface area contributed by atoms with E-state index in [4.69, 9.17) is 19.7 Å². The maximum absolute atomic E-state index is 6.25. The minimum absolute atomic E-state index is 0.349. The van der Waals surface area contributed by atoms with Crippen molar-refractivity contribution < 1.29 is 4.74 Å². The highest BCUT2D eigenvalue weighted by Gasteiger charge is 2.35. The van der Waals surface area contributed by atoms with Gasteiger partial charge in [0, 0.05) is 61.2 Å². The van der Waals surface area contributed by atoms with E-state index in [1.54, 1.807) is 5.57 Å². The summed E-state index contributed by atoms with van der Waals surface area (Å²) in [6.45, 7) is 14.2. The molecule has 0 spiro atoms. The largest absolute Gasteiger partial charge is 0.492 e. The molecule has 3 aliphatic rings. The van der Waals surface area contributed by atoms with Crippen LogP contribution in [0.25, 0.3) is 22.3 Å². The molecule has 1 N–H and O–H groups in total. The summed E-state index contributed by atoms with van der Waals surface area (Å²) in [5, 5.41) is 0. The van der Waals surface area contributed by atoms with E-state index in [-0.39, 0.29) is 0 Å². The summed E-state index contributed by atoms with van der Waals surface area (Å²) in [5.74, 6) is 3.30. The lowest BCUT2D eigenvalue weighted by atomic mass is 9.73. The van der Waals surface area contributed by atoms with Crippen molar-refractivity contribution in [2.24, 2.45) is 22.2 Å². The number of aromatic nitrogens is 3. The van der Waals surface area contributed by atoms with Crippen LogP contribution in [0.3, 0.4) is 0 Å². The summed E-state index contributed by atoms with van der Waals surface area (Å²) in [6, 6.07) is 9.22. The Bertz CT molecular complexity index is 1410. The Balaban J connectivity index is 1.26. The van der Waals surface area contributed by atoms with Gasteiger partial charge in [-0.15, -0.1) is 0 Å². The van der Waals surface area contributed by atoms with E-state index >= 15 is 0 Å². The Kier molecular flexibility index (Phi) is 7.09. The molecule has 1 aliphatic carbocycles. The van der Waals surface area contributed by atoms with Gasteiger partial charge in [-0.2, -0.15) is 0 Å². The molecule has 3 aromatic rings. The number of imidazole rings is 1. The van der Waals surface area contributed by atoms with Crippen LogP contribution in [0.2, 0.25) is 0 Å². The summed E-state index contributed by atoms with van der Waals surface area (Å²) >= 11 is 0. The normalized spacial score (nSPS) is 21.9. The topological polar surface area (TPSA) is 66.4 Å². The van der Waals surface area contributed by atoms with Gasteiger partial charge in [0.15, 0.2) is 5.65 Å². The van der Waals surface area contributed by atoms with Crippen molar-refractivity contribution in [3.8, 4) is 16.9 Å². The van der Waals surface area contributed by atoms with Gasteiger partial charge < -0.3 is 9.72 Å². The lowest BCUT2D eigenvalue weighted by Gasteiger charge is -2.40. The van der Waals surface area contributed by atoms with Crippen LogP contribution in [0, 0.1) is 17.3 Å². The molecule has 0 saturated heterocycles. The Labute approximate surface area is 233 Å². The Hall–Kier alpha value is -2.99. The van der Waals surface area contributed by atoms with Crippen molar-refractivity contribution >= 4 is 17.4 Å². The molecule has 4 heterocycles. The van der Waals surface area contributed by atoms with Crippen molar-refractivity contribution in [2.75, 3.05) is 13.2 Å². The van der Waals surface area contributed by atoms with Crippen LogP contribution in [0.1, 0.15) is 78.1 Å². The number of nitrogens with zero attached hydrogens (tertiary/aromatic N) is 4. The molecule has 1 aromatic carbocycles. The van der Waals surface area contributed by atoms with Gasteiger partial charge in [0.2, 0.25) is 0 Å². The van der Waals surface area contributed by atoms with E-state index in [9.17, 15) is 0 Å². The quantitative estimate of drug-likeness (QED) is 0.365. The zero-order chi connectivity index (χ0) is 27.1. The van der Waals surface area contributed by atoms with Crippen LogP contribution >= 0.6 is 0 Å². The first-order chi connectivity index (χ1) is 18.8. The minimum Gasteiger partial charge on any atom is -0.492 e. The number of ether oxygens (including phenoxy) is 1. The average molecular weight is 526 g/mol. The van der Waals surface area contributed by atoms with Gasteiger partial charge in [0.05, 0.1) is 5.52 Å². The molecule has 2 unspecified atom stereocenters. The third-order valence-electron chi connectivity index (χ3n) is 9.21. The lowest BCUT2D eigenvalue weighted by molar-refractivity contribution is 0.175. The number of aromatic amines is 1. The second-order valence-electron chi connectivity index (χ2n) is 12.9. The highest BCUT2D eigenvalue weighted by Crippen LogP contribution is 2.43. The van der Waals surface area contributed by atoms with Gasteiger partial charge in [-0.1, -0.05) is 47.1 Å². The van der Waals surface area contributed by atoms with Crippen molar-refractivity contribution in [3.63, 3.8) is 0 Å². The number of rotatable bonds is 6. The number of H-pyrrole nitrogens is 1. The van der Waals surface area contributed by atoms with Gasteiger partial charge in [0.1, 0.15) is 18.2 Å².